The van der Waals surface area contributed by atoms with Crippen LogP contribution in [0.25, 0.3) is 0 Å². The average Bonchev–Trinajstić information content (AvgIpc) is 2.51. The second kappa shape index (κ2) is 10.3. The Morgan fingerprint density at radius 2 is 1.86 bits per heavy atom. The second-order valence-electron chi connectivity index (χ2n) is 6.16. The van der Waals surface area contributed by atoms with Crippen LogP contribution in [0.3, 0.4) is 0 Å². The van der Waals surface area contributed by atoms with Gasteiger partial charge in [-0.1, -0.05) is 18.6 Å². The Balaban J connectivity index is 2.50. The Morgan fingerprint density at radius 1 is 1.18 bits per heavy atom. The molecular weight excluding hydrogens is 274 g/mol. The van der Waals surface area contributed by atoms with Gasteiger partial charge in [-0.3, -0.25) is 0 Å². The molecule has 0 radical (unpaired) electrons. The molecule has 1 aromatic rings. The molecule has 0 heterocycles. The fraction of sp³-hybridized carbons (Fsp3) is 0.579. The number of hydrogen-bond acceptors (Lipinski definition) is 3. The van der Waals surface area contributed by atoms with Crippen molar-refractivity contribution in [2.24, 2.45) is 5.92 Å². The predicted molar refractivity (Wildman–Crippen MR) is 94.7 cm³/mol. The molecule has 0 saturated carbocycles. The van der Waals surface area contributed by atoms with Crippen molar-refractivity contribution in [1.82, 2.24) is 0 Å². The summed E-state index contributed by atoms with van der Waals surface area (Å²) in [7, 11) is 1.68. The summed E-state index contributed by atoms with van der Waals surface area (Å²) in [5.74, 6) is 1.55. The molecule has 3 heteroatoms. The molecule has 124 valence electrons. The van der Waals surface area contributed by atoms with Crippen molar-refractivity contribution in [3.05, 3.63) is 35.9 Å². The van der Waals surface area contributed by atoms with Gasteiger partial charge in [0.2, 0.25) is 0 Å². The van der Waals surface area contributed by atoms with Gasteiger partial charge < -0.3 is 14.7 Å². The Hall–Kier alpha value is -1.48. The lowest BCUT2D eigenvalue weighted by Gasteiger charge is -2.25. The van der Waals surface area contributed by atoms with Crippen molar-refractivity contribution in [2.45, 2.75) is 40.0 Å². The molecule has 0 amide bonds. The van der Waals surface area contributed by atoms with Crippen molar-refractivity contribution >= 4 is 5.69 Å². The monoisotopic (exact) mass is 305 g/mol. The van der Waals surface area contributed by atoms with Crippen molar-refractivity contribution in [3.63, 3.8) is 0 Å². The van der Waals surface area contributed by atoms with E-state index in [2.05, 4.69) is 43.9 Å². The summed E-state index contributed by atoms with van der Waals surface area (Å²) in [6.07, 6.45) is 5.83. The topological polar surface area (TPSA) is 32.7 Å². The number of allylic oxidation sites excluding steroid dienone is 2. The number of benzene rings is 1. The first-order chi connectivity index (χ1) is 10.6. The minimum Gasteiger partial charge on any atom is -0.497 e. The summed E-state index contributed by atoms with van der Waals surface area (Å²) in [4.78, 5) is 2.25. The normalized spacial score (nSPS) is 11.9. The molecule has 0 aromatic heterocycles. The van der Waals surface area contributed by atoms with Gasteiger partial charge in [-0.05, 0) is 63.3 Å². The molecule has 1 aromatic carbocycles. The molecule has 0 aliphatic rings. The summed E-state index contributed by atoms with van der Waals surface area (Å²) in [5, 5.41) is 9.29. The quantitative estimate of drug-likeness (QED) is 0.655. The van der Waals surface area contributed by atoms with E-state index in [1.807, 2.05) is 12.1 Å². The summed E-state index contributed by atoms with van der Waals surface area (Å²) >= 11 is 0. The first-order valence-electron chi connectivity index (χ1n) is 8.20. The minimum atomic E-state index is 0.179. The van der Waals surface area contributed by atoms with Crippen LogP contribution in [0.5, 0.6) is 5.75 Å². The van der Waals surface area contributed by atoms with E-state index in [1.165, 1.54) is 12.0 Å². The second-order valence-corrected chi connectivity index (χ2v) is 6.16. The highest BCUT2D eigenvalue weighted by molar-refractivity contribution is 5.49. The Labute approximate surface area is 135 Å². The van der Waals surface area contributed by atoms with Crippen LogP contribution in [0, 0.1) is 5.92 Å². The van der Waals surface area contributed by atoms with Crippen molar-refractivity contribution in [2.75, 3.05) is 31.7 Å². The van der Waals surface area contributed by atoms with Gasteiger partial charge in [0.05, 0.1) is 13.7 Å². The van der Waals surface area contributed by atoms with E-state index in [0.717, 1.165) is 30.8 Å². The lowest BCUT2D eigenvalue weighted by molar-refractivity contribution is 0.300. The van der Waals surface area contributed by atoms with Gasteiger partial charge in [-0.15, -0.1) is 0 Å². The Morgan fingerprint density at radius 3 is 2.41 bits per heavy atom. The number of nitrogens with zero attached hydrogens (tertiary/aromatic N) is 1. The van der Waals surface area contributed by atoms with Crippen LogP contribution in [0.15, 0.2) is 35.9 Å². The zero-order valence-corrected chi connectivity index (χ0v) is 14.5. The maximum absolute atomic E-state index is 9.29. The number of rotatable bonds is 10. The van der Waals surface area contributed by atoms with Gasteiger partial charge in [0.1, 0.15) is 5.75 Å². The first kappa shape index (κ1) is 18.6. The number of methoxy groups -OCH3 is 1. The number of aliphatic hydroxyl groups is 1. The summed E-state index contributed by atoms with van der Waals surface area (Å²) in [6.45, 7) is 8.44. The highest BCUT2D eigenvalue weighted by Gasteiger charge is 2.09. The molecule has 1 unspecified atom stereocenters. The maximum atomic E-state index is 9.29. The van der Waals surface area contributed by atoms with E-state index in [1.54, 1.807) is 7.11 Å². The molecule has 0 saturated heterocycles. The maximum Gasteiger partial charge on any atom is 0.119 e. The zero-order valence-electron chi connectivity index (χ0n) is 14.5. The Kier molecular flexibility index (Phi) is 8.68. The average molecular weight is 305 g/mol. The number of ether oxygens (including phenoxy) is 1. The zero-order chi connectivity index (χ0) is 16.4. The summed E-state index contributed by atoms with van der Waals surface area (Å²) in [5.41, 5.74) is 2.54. The van der Waals surface area contributed by atoms with E-state index >= 15 is 0 Å². The third-order valence-corrected chi connectivity index (χ3v) is 3.91. The molecule has 22 heavy (non-hydrogen) atoms. The van der Waals surface area contributed by atoms with Crippen LogP contribution < -0.4 is 9.64 Å². The first-order valence-corrected chi connectivity index (χ1v) is 8.20. The van der Waals surface area contributed by atoms with Crippen LogP contribution >= 0.6 is 0 Å². The molecule has 0 bridgehead atoms. The largest absolute Gasteiger partial charge is 0.497 e. The van der Waals surface area contributed by atoms with Gasteiger partial charge >= 0.3 is 0 Å². The molecule has 0 aliphatic carbocycles. The van der Waals surface area contributed by atoms with Gasteiger partial charge in [-0.25, -0.2) is 0 Å². The van der Waals surface area contributed by atoms with Crippen LogP contribution in [0.4, 0.5) is 5.69 Å². The van der Waals surface area contributed by atoms with E-state index in [9.17, 15) is 5.11 Å². The third kappa shape index (κ3) is 6.99. The van der Waals surface area contributed by atoms with Crippen molar-refractivity contribution in [3.8, 4) is 5.75 Å². The van der Waals surface area contributed by atoms with Gasteiger partial charge in [0, 0.05) is 18.8 Å². The molecule has 0 fully saturated rings. The van der Waals surface area contributed by atoms with Gasteiger partial charge in [0.15, 0.2) is 0 Å². The van der Waals surface area contributed by atoms with E-state index in [4.69, 9.17) is 4.74 Å². The highest BCUT2D eigenvalue weighted by atomic mass is 16.5. The smallest absolute Gasteiger partial charge is 0.119 e. The molecule has 0 aliphatic heterocycles. The number of anilines is 1. The molecule has 1 rings (SSSR count). The molecule has 1 N–H and O–H groups in total. The molecule has 0 spiro atoms. The van der Waals surface area contributed by atoms with Crippen molar-refractivity contribution in [1.29, 1.82) is 0 Å². The molecular formula is C19H31NO2. The highest BCUT2D eigenvalue weighted by Crippen LogP contribution is 2.21. The number of hydrogen-bond donors (Lipinski definition) is 1. The van der Waals surface area contributed by atoms with E-state index < -0.39 is 0 Å². The van der Waals surface area contributed by atoms with Crippen molar-refractivity contribution < 1.29 is 9.84 Å². The fourth-order valence-electron chi connectivity index (χ4n) is 2.46. The third-order valence-electron chi connectivity index (χ3n) is 3.91. The number of aliphatic hydroxyl groups excluding tert-OH is 1. The minimum absolute atomic E-state index is 0.179. The van der Waals surface area contributed by atoms with Gasteiger partial charge in [-0.2, -0.15) is 0 Å². The van der Waals surface area contributed by atoms with Crippen LogP contribution in [-0.2, 0) is 0 Å². The fourth-order valence-corrected chi connectivity index (χ4v) is 2.46. The lowest BCUT2D eigenvalue weighted by atomic mass is 10.0. The van der Waals surface area contributed by atoms with Gasteiger partial charge in [0.25, 0.3) is 0 Å². The standard InChI is InChI=1S/C19H31NO2/c1-16(2)6-5-7-17(3)12-13-20(14-15-21)18-8-10-19(22-4)11-9-18/h6,8-11,17,21H,5,7,12-15H2,1-4H3. The van der Waals surface area contributed by atoms with Crippen LogP contribution in [0.2, 0.25) is 0 Å². The molecule has 1 atom stereocenters. The molecule has 3 nitrogen and oxygen atoms in total. The Bertz CT molecular complexity index is 435. The van der Waals surface area contributed by atoms with E-state index in [-0.39, 0.29) is 6.61 Å². The summed E-state index contributed by atoms with van der Waals surface area (Å²) < 4.78 is 5.20. The SMILES string of the molecule is COc1ccc(N(CCO)CCC(C)CCC=C(C)C)cc1. The summed E-state index contributed by atoms with van der Waals surface area (Å²) in [6, 6.07) is 8.06. The predicted octanol–water partition coefficient (Wildman–Crippen LogP) is 4.27. The van der Waals surface area contributed by atoms with Crippen LogP contribution in [0.1, 0.15) is 40.0 Å². The van der Waals surface area contributed by atoms with E-state index in [0.29, 0.717) is 12.5 Å². The van der Waals surface area contributed by atoms with Crippen LogP contribution in [-0.4, -0.2) is 31.9 Å². The lowest BCUT2D eigenvalue weighted by Crippen LogP contribution is -2.28.